The quantitative estimate of drug-likeness (QED) is 0.164. The molecule has 30 heavy (non-hydrogen) atoms. The number of hydrogen-bond acceptors (Lipinski definition) is 6. The lowest BCUT2D eigenvalue weighted by atomic mass is 9.98. The Kier molecular flexibility index (Phi) is 11.4. The Balaban J connectivity index is 2.12. The van der Waals surface area contributed by atoms with Gasteiger partial charge < -0.3 is 15.4 Å². The van der Waals surface area contributed by atoms with Gasteiger partial charge in [0, 0.05) is 36.5 Å². The van der Waals surface area contributed by atoms with E-state index < -0.39 is 0 Å². The lowest BCUT2D eigenvalue weighted by Crippen LogP contribution is -2.31. The van der Waals surface area contributed by atoms with E-state index in [0.717, 1.165) is 53.4 Å². The van der Waals surface area contributed by atoms with Crippen LogP contribution in [-0.4, -0.2) is 42.2 Å². The summed E-state index contributed by atoms with van der Waals surface area (Å²) in [5, 5.41) is 6.21. The molecule has 0 fully saturated rings. The van der Waals surface area contributed by atoms with Gasteiger partial charge in [0.25, 0.3) is 0 Å². The molecule has 3 N–H and O–H groups in total. The first-order valence-electron chi connectivity index (χ1n) is 10.1. The van der Waals surface area contributed by atoms with Crippen molar-refractivity contribution in [1.29, 1.82) is 0 Å². The monoisotopic (exact) mass is 464 g/mol. The maximum Gasteiger partial charge on any atom is 0.326 e. The molecule has 2 rings (SSSR count). The van der Waals surface area contributed by atoms with Crippen LogP contribution in [0, 0.1) is 6.92 Å². The molecule has 5 nitrogen and oxygen atoms in total. The third kappa shape index (κ3) is 7.04. The molecule has 8 heteroatoms. The van der Waals surface area contributed by atoms with Crippen molar-refractivity contribution >= 4 is 52.6 Å². The van der Waals surface area contributed by atoms with Crippen molar-refractivity contribution in [2.24, 2.45) is 0 Å². The lowest BCUT2D eigenvalue weighted by molar-refractivity contribution is 0.242. The Bertz CT molecular complexity index is 825. The fraction of sp³-hybridized carbons (Fsp3) is 0.409. The predicted octanol–water partition coefficient (Wildman–Crippen LogP) is 4.82. The number of carbonyl (C=O) groups is 1. The zero-order valence-electron chi connectivity index (χ0n) is 17.9. The average molecular weight is 465 g/mol. The van der Waals surface area contributed by atoms with Crippen molar-refractivity contribution in [2.45, 2.75) is 26.7 Å². The van der Waals surface area contributed by atoms with Gasteiger partial charge in [0.15, 0.2) is 0 Å². The minimum atomic E-state index is -0.0544. The van der Waals surface area contributed by atoms with E-state index in [9.17, 15) is 4.79 Å². The van der Waals surface area contributed by atoms with E-state index in [1.54, 1.807) is 17.0 Å². The summed E-state index contributed by atoms with van der Waals surface area (Å²) in [7, 11) is 5.58. The first-order valence-corrected chi connectivity index (χ1v) is 13.1. The number of fused-ring (bicyclic) bond motifs is 1. The number of carbonyl (C=O) groups excluding carboxylic acids is 1. The second kappa shape index (κ2) is 13.7. The fourth-order valence-electron chi connectivity index (χ4n) is 3.24. The zero-order chi connectivity index (χ0) is 21.8. The molecule has 0 bridgehead atoms. The summed E-state index contributed by atoms with van der Waals surface area (Å²) in [6.45, 7) is 5.67. The molecule has 1 aromatic heterocycles. The van der Waals surface area contributed by atoms with Crippen LogP contribution in [0.3, 0.4) is 0 Å². The number of rotatable bonds is 11. The van der Waals surface area contributed by atoms with Crippen LogP contribution < -0.4 is 15.4 Å². The highest BCUT2D eigenvalue weighted by molar-refractivity contribution is 8.76. The Morgan fingerprint density at radius 2 is 2.03 bits per heavy atom. The number of thiol groups is 1. The molecule has 1 aromatic rings. The number of hydrogen-bond donors (Lipinski definition) is 4. The van der Waals surface area contributed by atoms with E-state index in [1.165, 1.54) is 5.56 Å². The first kappa shape index (κ1) is 24.8. The Morgan fingerprint density at radius 3 is 2.73 bits per heavy atom. The van der Waals surface area contributed by atoms with E-state index in [2.05, 4.69) is 52.5 Å². The minimum Gasteiger partial charge on any atom is -0.339 e. The lowest BCUT2D eigenvalue weighted by Gasteiger charge is -2.12. The van der Waals surface area contributed by atoms with Gasteiger partial charge in [-0.1, -0.05) is 58.7 Å². The second-order valence-corrected chi connectivity index (χ2v) is 9.66. The maximum absolute atomic E-state index is 13.0. The van der Waals surface area contributed by atoms with Crippen molar-refractivity contribution in [3.05, 3.63) is 58.6 Å². The smallest absolute Gasteiger partial charge is 0.326 e. The van der Waals surface area contributed by atoms with Crippen molar-refractivity contribution in [2.75, 3.05) is 31.6 Å². The first-order chi connectivity index (χ1) is 14.6. The molecule has 0 saturated heterocycles. The highest BCUT2D eigenvalue weighted by atomic mass is 33.1. The maximum atomic E-state index is 13.0. The van der Waals surface area contributed by atoms with Gasteiger partial charge in [-0.2, -0.15) is 0 Å². The molecular formula is C22H32N4OS3. The molecule has 1 aliphatic rings. The number of aromatic nitrogens is 1. The van der Waals surface area contributed by atoms with Crippen LogP contribution in [0.5, 0.6) is 0 Å². The third-order valence-electron chi connectivity index (χ3n) is 4.75. The van der Waals surface area contributed by atoms with Crippen molar-refractivity contribution < 1.29 is 4.79 Å². The molecular weight excluding hydrogens is 432 g/mol. The highest BCUT2D eigenvalue weighted by Gasteiger charge is 2.22. The van der Waals surface area contributed by atoms with Gasteiger partial charge in [0.05, 0.1) is 5.69 Å². The van der Waals surface area contributed by atoms with Gasteiger partial charge >= 0.3 is 6.03 Å². The van der Waals surface area contributed by atoms with Crippen molar-refractivity contribution in [3.63, 3.8) is 0 Å². The second-order valence-electron chi connectivity index (χ2n) is 6.70. The van der Waals surface area contributed by atoms with E-state index in [4.69, 9.17) is 0 Å². The predicted molar refractivity (Wildman–Crippen MR) is 138 cm³/mol. The minimum absolute atomic E-state index is 0.0544. The number of nitrogens with one attached hydrogen (secondary N) is 3. The normalized spacial score (nSPS) is 13.9. The molecule has 0 unspecified atom stereocenters. The molecule has 0 aromatic carbocycles. The molecule has 0 radical (unpaired) electrons. The molecule has 164 valence electrons. The van der Waals surface area contributed by atoms with Crippen LogP contribution in [0.15, 0.2) is 36.1 Å². The van der Waals surface area contributed by atoms with Gasteiger partial charge in [-0.25, -0.2) is 4.79 Å². The zero-order valence-corrected chi connectivity index (χ0v) is 20.4. The van der Waals surface area contributed by atoms with Gasteiger partial charge in [-0.15, -0.1) is 0 Å². The van der Waals surface area contributed by atoms with Crippen LogP contribution in [0.25, 0.3) is 12.2 Å². The topological polar surface area (TPSA) is 58.1 Å². The standard InChI is InChI=1S/C22H32N4OS3/c1-4-18(11-12-25-28)9-10-19-17(2)26(21-8-6-5-7-20(19)21)22(27)24-14-16-30-29-15-13-23-3/h4,6,8-12,23,25,28H,5,7,13-16H2,1-3H3,(H,24,27)/b10-9+,12-11-,18-4-. The fourth-order valence-corrected chi connectivity index (χ4v) is 5.23. The molecule has 0 saturated carbocycles. The van der Waals surface area contributed by atoms with Gasteiger partial charge in [-0.05, 0) is 62.6 Å². The third-order valence-corrected chi connectivity index (χ3v) is 7.30. The Hall–Kier alpha value is -1.48. The molecule has 0 spiro atoms. The van der Waals surface area contributed by atoms with Crippen LogP contribution in [0.4, 0.5) is 4.79 Å². The SMILES string of the molecule is C/C=C(\C=C/NS)/C=C/c1c2c(n(C(=O)NCCSSCCNC)c1C)C=CCC2. The van der Waals surface area contributed by atoms with E-state index in [1.807, 2.05) is 48.4 Å². The number of amides is 1. The molecule has 1 amide bonds. The van der Waals surface area contributed by atoms with Gasteiger partial charge in [0.1, 0.15) is 0 Å². The summed E-state index contributed by atoms with van der Waals surface area (Å²) in [6, 6.07) is -0.0544. The average Bonchev–Trinajstić information content (AvgIpc) is 3.04. The summed E-state index contributed by atoms with van der Waals surface area (Å²) in [4.78, 5) is 13.0. The van der Waals surface area contributed by atoms with Crippen LogP contribution in [-0.2, 0) is 6.42 Å². The molecule has 1 heterocycles. The van der Waals surface area contributed by atoms with E-state index in [0.29, 0.717) is 6.54 Å². The van der Waals surface area contributed by atoms with Crippen molar-refractivity contribution in [1.82, 2.24) is 19.9 Å². The van der Waals surface area contributed by atoms with E-state index >= 15 is 0 Å². The van der Waals surface area contributed by atoms with Crippen molar-refractivity contribution in [3.8, 4) is 0 Å². The number of nitrogens with zero attached hydrogens (tertiary/aromatic N) is 1. The molecule has 1 aliphatic carbocycles. The number of allylic oxidation sites excluding steroid dienone is 5. The Morgan fingerprint density at radius 1 is 1.27 bits per heavy atom. The summed E-state index contributed by atoms with van der Waals surface area (Å²) in [5.41, 5.74) is 5.42. The molecule has 0 atom stereocenters. The van der Waals surface area contributed by atoms with Crippen LogP contribution in [0.1, 0.15) is 35.9 Å². The van der Waals surface area contributed by atoms with Gasteiger partial charge in [-0.3, -0.25) is 4.57 Å². The summed E-state index contributed by atoms with van der Waals surface area (Å²) in [5.74, 6) is 1.95. The van der Waals surface area contributed by atoms with Gasteiger partial charge in [0.2, 0.25) is 0 Å². The highest BCUT2D eigenvalue weighted by Crippen LogP contribution is 2.30. The summed E-state index contributed by atoms with van der Waals surface area (Å²) in [6.07, 6.45) is 16.1. The summed E-state index contributed by atoms with van der Waals surface area (Å²) >= 11 is 3.99. The molecule has 0 aliphatic heterocycles. The van der Waals surface area contributed by atoms with Crippen LogP contribution in [0.2, 0.25) is 0 Å². The van der Waals surface area contributed by atoms with Crippen LogP contribution >= 0.6 is 34.4 Å². The summed E-state index contributed by atoms with van der Waals surface area (Å²) < 4.78 is 4.54. The largest absolute Gasteiger partial charge is 0.339 e. The Labute approximate surface area is 193 Å². The van der Waals surface area contributed by atoms with E-state index in [-0.39, 0.29) is 6.03 Å².